The average Bonchev–Trinajstić information content (AvgIpc) is 3.29. The second-order valence-electron chi connectivity index (χ2n) is 9.84. The fourth-order valence-corrected chi connectivity index (χ4v) is 5.26. The van der Waals surface area contributed by atoms with E-state index >= 15 is 0 Å². The number of carbonyl (C=O) groups is 2. The second kappa shape index (κ2) is 10.4. The normalized spacial score (nSPS) is 18.7. The highest BCUT2D eigenvalue weighted by Crippen LogP contribution is 2.35. The third kappa shape index (κ3) is 5.46. The number of nitrogens with zero attached hydrogens (tertiary/aromatic N) is 1. The highest BCUT2D eigenvalue weighted by atomic mass is 16.2. The number of nitrogens with two attached hydrogens (primary N) is 1. The van der Waals surface area contributed by atoms with E-state index in [4.69, 9.17) is 5.73 Å². The molecule has 2 aromatic carbocycles. The molecule has 1 heterocycles. The summed E-state index contributed by atoms with van der Waals surface area (Å²) in [4.78, 5) is 29.8. The lowest BCUT2D eigenvalue weighted by Crippen LogP contribution is -2.41. The van der Waals surface area contributed by atoms with Gasteiger partial charge in [0.05, 0.1) is 6.04 Å². The number of aryl methyl sites for hydroxylation is 3. The summed E-state index contributed by atoms with van der Waals surface area (Å²) in [6.45, 7) is 5.84. The predicted octanol–water partition coefficient (Wildman–Crippen LogP) is 5.10. The van der Waals surface area contributed by atoms with Crippen molar-refractivity contribution in [2.45, 2.75) is 65.3 Å². The molecule has 5 heteroatoms. The molecule has 0 unspecified atom stereocenters. The number of rotatable bonds is 8. The molecular formula is C29H35N3O2. The molecule has 0 spiro atoms. The lowest BCUT2D eigenvalue weighted by atomic mass is 9.91. The molecule has 3 aromatic rings. The number of pyridine rings is 1. The maximum atomic E-state index is 12.9. The Labute approximate surface area is 202 Å². The van der Waals surface area contributed by atoms with Crippen molar-refractivity contribution >= 4 is 28.3 Å². The standard InChI is InChI=1S/C29H35N3O2/c1-18-8-10-23(26-7-5-4-6-25(18)26)16-21-9-11-24(17-21)29(34)32-20(3)27(33)14-12-22-13-15-28(30)31-19(22)2/h4-8,10,13,15,20-21,24H,9,11-12,14,16-17H2,1-3H3,(H2,30,31)(H,32,34)/t20-,21-,24+/m0/s1. The molecule has 1 saturated carbocycles. The Morgan fingerprint density at radius 3 is 2.53 bits per heavy atom. The Morgan fingerprint density at radius 1 is 1.03 bits per heavy atom. The summed E-state index contributed by atoms with van der Waals surface area (Å²) in [5.41, 5.74) is 10.2. The van der Waals surface area contributed by atoms with Crippen LogP contribution in [-0.4, -0.2) is 22.7 Å². The minimum atomic E-state index is -0.477. The van der Waals surface area contributed by atoms with Gasteiger partial charge in [0, 0.05) is 18.0 Å². The first-order valence-corrected chi connectivity index (χ1v) is 12.3. The first kappa shape index (κ1) is 23.9. The molecule has 1 aliphatic rings. The number of nitrogen functional groups attached to an aromatic ring is 1. The van der Waals surface area contributed by atoms with E-state index in [0.717, 1.165) is 36.9 Å². The summed E-state index contributed by atoms with van der Waals surface area (Å²) in [5.74, 6) is 1.03. The number of fused-ring (bicyclic) bond motifs is 1. The SMILES string of the molecule is Cc1nc(N)ccc1CCC(=O)[C@H](C)NC(=O)[C@@H]1CC[C@@H](Cc2ccc(C)c3ccccc23)C1. The van der Waals surface area contributed by atoms with Crippen LogP contribution in [-0.2, 0) is 22.4 Å². The van der Waals surface area contributed by atoms with Crippen molar-refractivity contribution in [2.24, 2.45) is 11.8 Å². The van der Waals surface area contributed by atoms with E-state index < -0.39 is 6.04 Å². The van der Waals surface area contributed by atoms with E-state index in [2.05, 4.69) is 53.6 Å². The van der Waals surface area contributed by atoms with Crippen molar-refractivity contribution in [3.8, 4) is 0 Å². The Hall–Kier alpha value is -3.21. The van der Waals surface area contributed by atoms with Crippen LogP contribution in [0.1, 0.15) is 55.0 Å². The number of carbonyl (C=O) groups excluding carboxylic acids is 2. The third-order valence-electron chi connectivity index (χ3n) is 7.35. The molecule has 1 aliphatic carbocycles. The second-order valence-corrected chi connectivity index (χ2v) is 9.84. The molecule has 34 heavy (non-hydrogen) atoms. The Morgan fingerprint density at radius 2 is 1.76 bits per heavy atom. The minimum absolute atomic E-state index is 0.0134. The number of amides is 1. The first-order chi connectivity index (χ1) is 16.3. The zero-order valence-corrected chi connectivity index (χ0v) is 20.4. The zero-order valence-electron chi connectivity index (χ0n) is 20.4. The van der Waals surface area contributed by atoms with Crippen molar-refractivity contribution in [1.29, 1.82) is 0 Å². The Bertz CT molecular complexity index is 1200. The number of anilines is 1. The van der Waals surface area contributed by atoms with Gasteiger partial charge in [-0.05, 0) is 92.3 Å². The van der Waals surface area contributed by atoms with Gasteiger partial charge in [-0.2, -0.15) is 0 Å². The topological polar surface area (TPSA) is 85.1 Å². The van der Waals surface area contributed by atoms with Crippen molar-refractivity contribution in [3.63, 3.8) is 0 Å². The maximum absolute atomic E-state index is 12.9. The van der Waals surface area contributed by atoms with Gasteiger partial charge in [-0.3, -0.25) is 9.59 Å². The molecular weight excluding hydrogens is 422 g/mol. The van der Waals surface area contributed by atoms with E-state index in [0.29, 0.717) is 24.6 Å². The molecule has 1 fully saturated rings. The number of hydrogen-bond donors (Lipinski definition) is 2. The zero-order chi connectivity index (χ0) is 24.2. The summed E-state index contributed by atoms with van der Waals surface area (Å²) in [6, 6.07) is 16.2. The summed E-state index contributed by atoms with van der Waals surface area (Å²) in [7, 11) is 0. The molecule has 0 bridgehead atoms. The number of hydrogen-bond acceptors (Lipinski definition) is 4. The van der Waals surface area contributed by atoms with Gasteiger partial charge in [-0.15, -0.1) is 0 Å². The van der Waals surface area contributed by atoms with Crippen molar-refractivity contribution in [2.75, 3.05) is 5.73 Å². The summed E-state index contributed by atoms with van der Waals surface area (Å²) in [5, 5.41) is 5.61. The van der Waals surface area contributed by atoms with Crippen molar-refractivity contribution < 1.29 is 9.59 Å². The quantitative estimate of drug-likeness (QED) is 0.493. The van der Waals surface area contributed by atoms with Gasteiger partial charge in [-0.1, -0.05) is 42.5 Å². The minimum Gasteiger partial charge on any atom is -0.384 e. The van der Waals surface area contributed by atoms with Crippen LogP contribution >= 0.6 is 0 Å². The van der Waals surface area contributed by atoms with Gasteiger partial charge >= 0.3 is 0 Å². The number of aromatic nitrogens is 1. The molecule has 3 atom stereocenters. The maximum Gasteiger partial charge on any atom is 0.223 e. The first-order valence-electron chi connectivity index (χ1n) is 12.3. The van der Waals surface area contributed by atoms with Gasteiger partial charge in [0.2, 0.25) is 5.91 Å². The van der Waals surface area contributed by atoms with Crippen LogP contribution < -0.4 is 11.1 Å². The number of nitrogens with one attached hydrogen (secondary N) is 1. The van der Waals surface area contributed by atoms with E-state index in [1.165, 1.54) is 21.9 Å². The van der Waals surface area contributed by atoms with Gasteiger partial charge in [0.15, 0.2) is 5.78 Å². The molecule has 1 amide bonds. The lowest BCUT2D eigenvalue weighted by Gasteiger charge is -2.17. The van der Waals surface area contributed by atoms with Crippen molar-refractivity contribution in [1.82, 2.24) is 10.3 Å². The van der Waals surface area contributed by atoms with E-state index in [1.807, 2.05) is 13.0 Å². The predicted molar refractivity (Wildman–Crippen MR) is 138 cm³/mol. The van der Waals surface area contributed by atoms with Crippen LogP contribution in [0.5, 0.6) is 0 Å². The third-order valence-corrected chi connectivity index (χ3v) is 7.35. The molecule has 0 radical (unpaired) electrons. The van der Waals surface area contributed by atoms with Gasteiger partial charge in [0.25, 0.3) is 0 Å². The highest BCUT2D eigenvalue weighted by molar-refractivity contribution is 5.90. The summed E-state index contributed by atoms with van der Waals surface area (Å²) < 4.78 is 0. The molecule has 1 aromatic heterocycles. The van der Waals surface area contributed by atoms with Crippen LogP contribution in [0, 0.1) is 25.7 Å². The van der Waals surface area contributed by atoms with Crippen LogP contribution in [0.3, 0.4) is 0 Å². The van der Waals surface area contributed by atoms with Crippen LogP contribution in [0.4, 0.5) is 5.82 Å². The van der Waals surface area contributed by atoms with Gasteiger partial charge < -0.3 is 11.1 Å². The van der Waals surface area contributed by atoms with Gasteiger partial charge in [-0.25, -0.2) is 4.98 Å². The Balaban J connectivity index is 1.29. The average molecular weight is 458 g/mol. The number of ketones is 1. The number of benzene rings is 2. The number of Topliss-reactive ketones (excluding diaryl/α,β-unsaturated/α-hetero) is 1. The fraction of sp³-hybridized carbons (Fsp3) is 0.414. The monoisotopic (exact) mass is 457 g/mol. The molecule has 3 N–H and O–H groups in total. The summed E-state index contributed by atoms with van der Waals surface area (Å²) in [6.07, 6.45) is 4.79. The molecule has 178 valence electrons. The van der Waals surface area contributed by atoms with E-state index in [9.17, 15) is 9.59 Å². The Kier molecular flexibility index (Phi) is 7.30. The molecule has 0 saturated heterocycles. The lowest BCUT2D eigenvalue weighted by molar-refractivity contribution is -0.129. The van der Waals surface area contributed by atoms with Crippen LogP contribution in [0.2, 0.25) is 0 Å². The summed E-state index contributed by atoms with van der Waals surface area (Å²) >= 11 is 0. The van der Waals surface area contributed by atoms with E-state index in [1.54, 1.807) is 13.0 Å². The van der Waals surface area contributed by atoms with E-state index in [-0.39, 0.29) is 17.6 Å². The molecule has 5 nitrogen and oxygen atoms in total. The smallest absolute Gasteiger partial charge is 0.223 e. The highest BCUT2D eigenvalue weighted by Gasteiger charge is 2.31. The van der Waals surface area contributed by atoms with Crippen LogP contribution in [0.15, 0.2) is 48.5 Å². The molecule has 0 aliphatic heterocycles. The molecule has 4 rings (SSSR count). The van der Waals surface area contributed by atoms with Gasteiger partial charge in [0.1, 0.15) is 5.82 Å². The largest absolute Gasteiger partial charge is 0.384 e. The fourth-order valence-electron chi connectivity index (χ4n) is 5.26. The van der Waals surface area contributed by atoms with Crippen LogP contribution in [0.25, 0.3) is 10.8 Å². The van der Waals surface area contributed by atoms with Crippen molar-refractivity contribution in [3.05, 3.63) is 70.9 Å².